The predicted octanol–water partition coefficient (Wildman–Crippen LogP) is 3.89. The summed E-state index contributed by atoms with van der Waals surface area (Å²) in [5.41, 5.74) is 1.55. The molecule has 0 fully saturated rings. The molecule has 0 aliphatic heterocycles. The highest BCUT2D eigenvalue weighted by Gasteiger charge is 2.18. The van der Waals surface area contributed by atoms with Gasteiger partial charge in [0, 0.05) is 17.5 Å². The lowest BCUT2D eigenvalue weighted by Gasteiger charge is -2.19. The molecular formula is C16H20Cl2FN3OS. The van der Waals surface area contributed by atoms with Crippen LogP contribution < -0.4 is 4.90 Å². The van der Waals surface area contributed by atoms with Crippen LogP contribution >= 0.6 is 35.3 Å². The van der Waals surface area contributed by atoms with Gasteiger partial charge in [-0.1, -0.05) is 0 Å². The number of hydrogen-bond donors (Lipinski definition) is 0. The molecule has 24 heavy (non-hydrogen) atoms. The summed E-state index contributed by atoms with van der Waals surface area (Å²) in [5.74, 6) is -0.523. The van der Waals surface area contributed by atoms with Crippen LogP contribution in [0, 0.1) is 5.82 Å². The molecule has 0 aliphatic carbocycles. The lowest BCUT2D eigenvalue weighted by Crippen LogP contribution is -2.34. The molecule has 0 radical (unpaired) electrons. The SMILES string of the molecule is CN(C)CCCN(C(=O)CCl)c1nc(-c2ccc(F)cc2)cs1.Cl. The monoisotopic (exact) mass is 391 g/mol. The van der Waals surface area contributed by atoms with Crippen LogP contribution in [-0.2, 0) is 4.79 Å². The van der Waals surface area contributed by atoms with E-state index in [9.17, 15) is 9.18 Å². The summed E-state index contributed by atoms with van der Waals surface area (Å²) in [6.45, 7) is 1.45. The zero-order valence-electron chi connectivity index (χ0n) is 13.5. The Bertz CT molecular complexity index is 649. The third-order valence-corrected chi connectivity index (χ3v) is 4.36. The van der Waals surface area contributed by atoms with Gasteiger partial charge in [-0.25, -0.2) is 9.37 Å². The summed E-state index contributed by atoms with van der Waals surface area (Å²) in [7, 11) is 3.98. The maximum Gasteiger partial charge on any atom is 0.243 e. The zero-order valence-corrected chi connectivity index (χ0v) is 15.9. The molecule has 0 N–H and O–H groups in total. The molecule has 2 rings (SSSR count). The molecule has 0 aliphatic rings. The second kappa shape index (κ2) is 9.93. The Morgan fingerprint density at radius 1 is 1.25 bits per heavy atom. The van der Waals surface area contributed by atoms with E-state index in [2.05, 4.69) is 9.88 Å². The maximum atomic E-state index is 13.0. The number of amides is 1. The Morgan fingerprint density at radius 2 is 1.92 bits per heavy atom. The first-order chi connectivity index (χ1) is 11.0. The molecule has 2 aromatic rings. The predicted molar refractivity (Wildman–Crippen MR) is 101 cm³/mol. The molecule has 1 heterocycles. The number of aromatic nitrogens is 1. The molecule has 1 aromatic heterocycles. The average molecular weight is 392 g/mol. The second-order valence-corrected chi connectivity index (χ2v) is 6.46. The van der Waals surface area contributed by atoms with Crippen LogP contribution in [0.3, 0.4) is 0 Å². The van der Waals surface area contributed by atoms with Gasteiger partial charge in [-0.05, 0) is 51.3 Å². The fourth-order valence-electron chi connectivity index (χ4n) is 2.09. The number of alkyl halides is 1. The van der Waals surface area contributed by atoms with E-state index in [0.29, 0.717) is 11.7 Å². The summed E-state index contributed by atoms with van der Waals surface area (Å²) in [4.78, 5) is 20.3. The van der Waals surface area contributed by atoms with Gasteiger partial charge in [0.15, 0.2) is 5.13 Å². The molecule has 8 heteroatoms. The van der Waals surface area contributed by atoms with Crippen LogP contribution in [0.25, 0.3) is 11.3 Å². The van der Waals surface area contributed by atoms with E-state index in [-0.39, 0.29) is 30.0 Å². The molecule has 0 atom stereocenters. The van der Waals surface area contributed by atoms with Crippen molar-refractivity contribution in [2.24, 2.45) is 0 Å². The van der Waals surface area contributed by atoms with Crippen molar-refractivity contribution >= 4 is 46.4 Å². The van der Waals surface area contributed by atoms with Crippen molar-refractivity contribution in [3.8, 4) is 11.3 Å². The molecule has 0 unspecified atom stereocenters. The van der Waals surface area contributed by atoms with E-state index in [1.165, 1.54) is 23.5 Å². The smallest absolute Gasteiger partial charge is 0.243 e. The van der Waals surface area contributed by atoms with Gasteiger partial charge < -0.3 is 4.90 Å². The van der Waals surface area contributed by atoms with Gasteiger partial charge in [0.25, 0.3) is 0 Å². The fourth-order valence-corrected chi connectivity index (χ4v) is 3.11. The zero-order chi connectivity index (χ0) is 16.8. The number of carbonyl (C=O) groups is 1. The summed E-state index contributed by atoms with van der Waals surface area (Å²) in [6.07, 6.45) is 0.834. The van der Waals surface area contributed by atoms with E-state index < -0.39 is 0 Å². The van der Waals surface area contributed by atoms with Crippen LogP contribution in [0.4, 0.5) is 9.52 Å². The quantitative estimate of drug-likeness (QED) is 0.671. The summed E-state index contributed by atoms with van der Waals surface area (Å²) >= 11 is 7.10. The highest BCUT2D eigenvalue weighted by Crippen LogP contribution is 2.28. The minimum atomic E-state index is -0.285. The maximum absolute atomic E-state index is 13.0. The van der Waals surface area contributed by atoms with Crippen molar-refractivity contribution in [1.29, 1.82) is 0 Å². The van der Waals surface area contributed by atoms with Gasteiger partial charge in [-0.15, -0.1) is 35.3 Å². The number of nitrogens with zero attached hydrogens (tertiary/aromatic N) is 3. The molecule has 0 saturated carbocycles. The lowest BCUT2D eigenvalue weighted by atomic mass is 10.2. The van der Waals surface area contributed by atoms with Crippen LogP contribution in [0.1, 0.15) is 6.42 Å². The highest BCUT2D eigenvalue weighted by atomic mass is 35.5. The van der Waals surface area contributed by atoms with E-state index in [1.54, 1.807) is 17.0 Å². The first-order valence-corrected chi connectivity index (χ1v) is 8.65. The van der Waals surface area contributed by atoms with Crippen LogP contribution in [0.2, 0.25) is 0 Å². The molecule has 1 aromatic carbocycles. The Labute approximate surface area is 156 Å². The number of halogens is 3. The van der Waals surface area contributed by atoms with Crippen molar-refractivity contribution in [3.05, 3.63) is 35.5 Å². The largest absolute Gasteiger partial charge is 0.309 e. The summed E-state index contributed by atoms with van der Waals surface area (Å²) in [5, 5.41) is 2.48. The number of carbonyl (C=O) groups excluding carboxylic acids is 1. The molecular weight excluding hydrogens is 372 g/mol. The van der Waals surface area contributed by atoms with Crippen LogP contribution in [-0.4, -0.2) is 48.9 Å². The molecule has 4 nitrogen and oxygen atoms in total. The standard InChI is InChI=1S/C16H19ClFN3OS.ClH/c1-20(2)8-3-9-21(15(22)10-17)16-19-14(11-23-16)12-4-6-13(18)7-5-12;/h4-7,11H,3,8-10H2,1-2H3;1H. The highest BCUT2D eigenvalue weighted by molar-refractivity contribution is 7.14. The molecule has 0 bridgehead atoms. The average Bonchev–Trinajstić information content (AvgIpc) is 3.01. The van der Waals surface area contributed by atoms with Crippen molar-refractivity contribution in [2.45, 2.75) is 6.42 Å². The number of thiazole rings is 1. The summed E-state index contributed by atoms with van der Waals surface area (Å²) in [6, 6.07) is 6.14. The lowest BCUT2D eigenvalue weighted by molar-refractivity contribution is -0.116. The van der Waals surface area contributed by atoms with Gasteiger partial charge in [0.1, 0.15) is 11.7 Å². The first kappa shape index (κ1) is 20.8. The van der Waals surface area contributed by atoms with E-state index in [4.69, 9.17) is 11.6 Å². The first-order valence-electron chi connectivity index (χ1n) is 7.24. The number of benzene rings is 1. The third-order valence-electron chi connectivity index (χ3n) is 3.27. The van der Waals surface area contributed by atoms with Crippen molar-refractivity contribution < 1.29 is 9.18 Å². The Kier molecular flexibility index (Phi) is 8.62. The Balaban J connectivity index is 0.00000288. The van der Waals surface area contributed by atoms with E-state index in [1.807, 2.05) is 19.5 Å². The van der Waals surface area contributed by atoms with E-state index in [0.717, 1.165) is 24.2 Å². The number of hydrogen-bond acceptors (Lipinski definition) is 4. The van der Waals surface area contributed by atoms with Crippen LogP contribution in [0.15, 0.2) is 29.6 Å². The summed E-state index contributed by atoms with van der Waals surface area (Å²) < 4.78 is 13.0. The third kappa shape index (κ3) is 5.70. The number of rotatable bonds is 7. The van der Waals surface area contributed by atoms with E-state index >= 15 is 0 Å². The van der Waals surface area contributed by atoms with Gasteiger partial charge in [0.05, 0.1) is 5.69 Å². The minimum Gasteiger partial charge on any atom is -0.309 e. The molecule has 0 saturated heterocycles. The number of anilines is 1. The fraction of sp³-hybridized carbons (Fsp3) is 0.375. The van der Waals surface area contributed by atoms with Crippen molar-refractivity contribution in [2.75, 3.05) is 38.0 Å². The molecule has 132 valence electrons. The Hall–Kier alpha value is -1.21. The van der Waals surface area contributed by atoms with Gasteiger partial charge in [-0.2, -0.15) is 0 Å². The molecule has 0 spiro atoms. The van der Waals surface area contributed by atoms with Crippen molar-refractivity contribution in [1.82, 2.24) is 9.88 Å². The Morgan fingerprint density at radius 3 is 2.50 bits per heavy atom. The van der Waals surface area contributed by atoms with Gasteiger partial charge in [-0.3, -0.25) is 9.69 Å². The minimum absolute atomic E-state index is 0. The second-order valence-electron chi connectivity index (χ2n) is 5.36. The normalized spacial score (nSPS) is 10.5. The molecule has 1 amide bonds. The topological polar surface area (TPSA) is 36.4 Å². The van der Waals surface area contributed by atoms with Crippen LogP contribution in [0.5, 0.6) is 0 Å². The van der Waals surface area contributed by atoms with Gasteiger partial charge in [0.2, 0.25) is 5.91 Å². The van der Waals surface area contributed by atoms with Gasteiger partial charge >= 0.3 is 0 Å². The van der Waals surface area contributed by atoms with Crippen molar-refractivity contribution in [3.63, 3.8) is 0 Å².